The molecule has 3 heteroatoms. The van der Waals surface area contributed by atoms with Gasteiger partial charge in [0.2, 0.25) is 0 Å². The van der Waals surface area contributed by atoms with Crippen LogP contribution in [0.4, 0.5) is 0 Å². The summed E-state index contributed by atoms with van der Waals surface area (Å²) in [5.41, 5.74) is 0. The quantitative estimate of drug-likeness (QED) is 0.0646. The molecule has 0 radical (unpaired) electrons. The second-order valence-corrected chi connectivity index (χ2v) is 11.7. The van der Waals surface area contributed by atoms with E-state index >= 15 is 0 Å². The maximum Gasteiger partial charge on any atom is 0.0996 e. The summed E-state index contributed by atoms with van der Waals surface area (Å²) in [6.07, 6.45) is 39.5. The molecule has 2 N–H and O–H groups in total. The standard InChI is InChI=1S/C36H70O3/c1-3-5-7-9-17-23-29-35(31-25-19-13-11-15-21-27-33-37)39-36(30-24-18-10-8-6-4-2)32-26-20-14-12-16-22-28-34-38/h31-32,37-38H,3-30,33-34H2,1-2H3/b35-31+,36-32+. The van der Waals surface area contributed by atoms with Gasteiger partial charge in [0, 0.05) is 26.1 Å². The lowest BCUT2D eigenvalue weighted by Crippen LogP contribution is -1.97. The molecule has 232 valence electrons. The molecule has 0 aliphatic carbocycles. The third kappa shape index (κ3) is 30.0. The van der Waals surface area contributed by atoms with E-state index in [1.165, 1.54) is 140 Å². The van der Waals surface area contributed by atoms with Gasteiger partial charge in [-0.25, -0.2) is 0 Å². The van der Waals surface area contributed by atoms with Crippen molar-refractivity contribution in [1.82, 2.24) is 0 Å². The van der Waals surface area contributed by atoms with Gasteiger partial charge in [-0.2, -0.15) is 0 Å². The van der Waals surface area contributed by atoms with Crippen LogP contribution in [-0.2, 0) is 4.74 Å². The summed E-state index contributed by atoms with van der Waals surface area (Å²) in [4.78, 5) is 0. The van der Waals surface area contributed by atoms with Crippen molar-refractivity contribution in [3.63, 3.8) is 0 Å². The number of ether oxygens (including phenoxy) is 1. The van der Waals surface area contributed by atoms with Gasteiger partial charge < -0.3 is 14.9 Å². The maximum atomic E-state index is 8.96. The minimum atomic E-state index is 0.334. The molecule has 0 atom stereocenters. The Morgan fingerprint density at radius 2 is 0.718 bits per heavy atom. The van der Waals surface area contributed by atoms with E-state index in [1.807, 2.05) is 0 Å². The maximum absolute atomic E-state index is 8.96. The second kappa shape index (κ2) is 33.4. The highest BCUT2D eigenvalue weighted by atomic mass is 16.5. The predicted octanol–water partition coefficient (Wildman–Crippen LogP) is 11.7. The van der Waals surface area contributed by atoms with Crippen LogP contribution in [0, 0.1) is 0 Å². The fourth-order valence-corrected chi connectivity index (χ4v) is 5.17. The average Bonchev–Trinajstić information content (AvgIpc) is 2.94. The van der Waals surface area contributed by atoms with Crippen molar-refractivity contribution >= 4 is 0 Å². The minimum Gasteiger partial charge on any atom is -0.467 e. The number of aliphatic hydroxyl groups is 2. The van der Waals surface area contributed by atoms with Gasteiger partial charge in [-0.3, -0.25) is 0 Å². The van der Waals surface area contributed by atoms with E-state index in [9.17, 15) is 0 Å². The van der Waals surface area contributed by atoms with Crippen LogP contribution in [0.25, 0.3) is 0 Å². The van der Waals surface area contributed by atoms with Crippen molar-refractivity contribution < 1.29 is 14.9 Å². The van der Waals surface area contributed by atoms with E-state index < -0.39 is 0 Å². The number of hydrogen-bond donors (Lipinski definition) is 2. The van der Waals surface area contributed by atoms with Crippen molar-refractivity contribution in [2.75, 3.05) is 13.2 Å². The first-order valence-electron chi connectivity index (χ1n) is 17.6. The van der Waals surface area contributed by atoms with Crippen LogP contribution >= 0.6 is 0 Å². The Balaban J connectivity index is 4.84. The summed E-state index contributed by atoms with van der Waals surface area (Å²) in [7, 11) is 0. The molecule has 0 spiro atoms. The van der Waals surface area contributed by atoms with Crippen LogP contribution in [0.3, 0.4) is 0 Å². The first-order valence-corrected chi connectivity index (χ1v) is 17.6. The number of hydrogen-bond acceptors (Lipinski definition) is 3. The molecule has 0 aromatic carbocycles. The first kappa shape index (κ1) is 38.2. The van der Waals surface area contributed by atoms with Crippen molar-refractivity contribution in [2.24, 2.45) is 0 Å². The Labute approximate surface area is 245 Å². The van der Waals surface area contributed by atoms with Gasteiger partial charge in [-0.1, -0.05) is 129 Å². The Morgan fingerprint density at radius 3 is 1.08 bits per heavy atom. The topological polar surface area (TPSA) is 49.7 Å². The molecule has 0 aliphatic rings. The molecule has 0 saturated heterocycles. The Bertz CT molecular complexity index is 479. The Kier molecular flexibility index (Phi) is 32.7. The van der Waals surface area contributed by atoms with Gasteiger partial charge in [0.25, 0.3) is 0 Å². The van der Waals surface area contributed by atoms with E-state index in [0.29, 0.717) is 13.2 Å². The SMILES string of the molecule is CCCCCCCC/C(=C\CCCCCCCCO)O/C(=C/CCCCCCCCO)CCCCCCCC. The third-order valence-corrected chi connectivity index (χ3v) is 7.78. The van der Waals surface area contributed by atoms with Crippen LogP contribution in [0.2, 0.25) is 0 Å². The molecule has 0 aliphatic heterocycles. The predicted molar refractivity (Wildman–Crippen MR) is 172 cm³/mol. The highest BCUT2D eigenvalue weighted by Gasteiger charge is 2.06. The van der Waals surface area contributed by atoms with Crippen molar-refractivity contribution in [3.8, 4) is 0 Å². The van der Waals surface area contributed by atoms with Crippen molar-refractivity contribution in [3.05, 3.63) is 23.7 Å². The van der Waals surface area contributed by atoms with E-state index in [2.05, 4.69) is 26.0 Å². The molecule has 0 rings (SSSR count). The zero-order valence-corrected chi connectivity index (χ0v) is 26.7. The number of rotatable bonds is 32. The van der Waals surface area contributed by atoms with Crippen LogP contribution in [0.5, 0.6) is 0 Å². The van der Waals surface area contributed by atoms with E-state index in [-0.39, 0.29) is 0 Å². The zero-order valence-electron chi connectivity index (χ0n) is 26.7. The van der Waals surface area contributed by atoms with Crippen molar-refractivity contribution in [2.45, 2.75) is 194 Å². The molecule has 3 nitrogen and oxygen atoms in total. The van der Waals surface area contributed by atoms with Crippen LogP contribution in [0.1, 0.15) is 194 Å². The highest BCUT2D eigenvalue weighted by molar-refractivity contribution is 5.02. The van der Waals surface area contributed by atoms with E-state index in [0.717, 1.165) is 51.4 Å². The molecule has 0 aromatic heterocycles. The van der Waals surface area contributed by atoms with Gasteiger partial charge in [0.15, 0.2) is 0 Å². The zero-order chi connectivity index (χ0) is 28.5. The molecular formula is C36H70O3. The Hall–Kier alpha value is -0.800. The second-order valence-electron chi connectivity index (χ2n) is 11.7. The number of unbranched alkanes of at least 4 members (excludes halogenated alkanes) is 22. The normalized spacial score (nSPS) is 12.4. The van der Waals surface area contributed by atoms with Crippen molar-refractivity contribution in [1.29, 1.82) is 0 Å². The Morgan fingerprint density at radius 1 is 0.410 bits per heavy atom. The smallest absolute Gasteiger partial charge is 0.0996 e. The molecule has 0 saturated carbocycles. The summed E-state index contributed by atoms with van der Waals surface area (Å²) in [6.45, 7) is 5.24. The summed E-state index contributed by atoms with van der Waals surface area (Å²) < 4.78 is 6.69. The van der Waals surface area contributed by atoms with Crippen LogP contribution in [-0.4, -0.2) is 23.4 Å². The first-order chi connectivity index (χ1) is 19.3. The average molecular weight is 551 g/mol. The molecule has 0 fully saturated rings. The lowest BCUT2D eigenvalue weighted by Gasteiger charge is -2.15. The van der Waals surface area contributed by atoms with Crippen LogP contribution < -0.4 is 0 Å². The number of allylic oxidation sites excluding steroid dienone is 4. The largest absolute Gasteiger partial charge is 0.467 e. The molecule has 0 heterocycles. The summed E-state index contributed by atoms with van der Waals surface area (Å²) in [5, 5.41) is 17.9. The molecule has 39 heavy (non-hydrogen) atoms. The lowest BCUT2D eigenvalue weighted by molar-refractivity contribution is 0.266. The number of aliphatic hydroxyl groups excluding tert-OH is 2. The van der Waals surface area contributed by atoms with E-state index in [1.54, 1.807) is 0 Å². The highest BCUT2D eigenvalue weighted by Crippen LogP contribution is 2.23. The van der Waals surface area contributed by atoms with Gasteiger partial charge >= 0.3 is 0 Å². The van der Waals surface area contributed by atoms with Gasteiger partial charge in [-0.05, 0) is 63.5 Å². The molecule has 0 unspecified atom stereocenters. The third-order valence-electron chi connectivity index (χ3n) is 7.78. The molecular weight excluding hydrogens is 480 g/mol. The van der Waals surface area contributed by atoms with Gasteiger partial charge in [0.05, 0.1) is 11.5 Å². The van der Waals surface area contributed by atoms with Gasteiger partial charge in [0.1, 0.15) is 0 Å². The fraction of sp³-hybridized carbons (Fsp3) is 0.889. The lowest BCUT2D eigenvalue weighted by atomic mass is 10.1. The van der Waals surface area contributed by atoms with E-state index in [4.69, 9.17) is 14.9 Å². The minimum absolute atomic E-state index is 0.334. The monoisotopic (exact) mass is 551 g/mol. The molecule has 0 amide bonds. The van der Waals surface area contributed by atoms with Crippen LogP contribution in [0.15, 0.2) is 23.7 Å². The molecule has 0 bridgehead atoms. The summed E-state index contributed by atoms with van der Waals surface area (Å²) >= 11 is 0. The summed E-state index contributed by atoms with van der Waals surface area (Å²) in [6, 6.07) is 0. The summed E-state index contributed by atoms with van der Waals surface area (Å²) in [5.74, 6) is 2.46. The molecule has 0 aromatic rings. The fourth-order valence-electron chi connectivity index (χ4n) is 5.17. The van der Waals surface area contributed by atoms with Gasteiger partial charge in [-0.15, -0.1) is 0 Å².